The number of rotatable bonds is 7. The van der Waals surface area contributed by atoms with Crippen molar-refractivity contribution in [2.24, 2.45) is 40.6 Å². The minimum absolute atomic E-state index is 0.156. The predicted molar refractivity (Wildman–Crippen MR) is 140 cm³/mol. The van der Waals surface area contributed by atoms with Crippen LogP contribution in [0.2, 0.25) is 0 Å². The predicted octanol–water partition coefficient (Wildman–Crippen LogP) is 5.20. The SMILES string of the molecule is CCOc1cc(/C=N\N2C(=O)[C@@H]3[C@H]4C=C[C@@H]([C@@H]5C[C@H]45)[C@H]3C2=O)ccc1OCc1cccc2ccccc12. The molecule has 5 aliphatic rings. The van der Waals surface area contributed by atoms with E-state index in [0.29, 0.717) is 36.5 Å². The van der Waals surface area contributed by atoms with E-state index in [9.17, 15) is 9.59 Å². The molecule has 6 nitrogen and oxygen atoms in total. The van der Waals surface area contributed by atoms with E-state index in [1.165, 1.54) is 5.39 Å². The quantitative estimate of drug-likeness (QED) is 0.258. The summed E-state index contributed by atoms with van der Waals surface area (Å²) >= 11 is 0. The van der Waals surface area contributed by atoms with Crippen molar-refractivity contribution < 1.29 is 19.1 Å². The van der Waals surface area contributed by atoms with Gasteiger partial charge in [0.1, 0.15) is 6.61 Å². The van der Waals surface area contributed by atoms with E-state index in [1.807, 2.05) is 43.3 Å². The van der Waals surface area contributed by atoms with Crippen LogP contribution < -0.4 is 9.47 Å². The molecule has 3 fully saturated rings. The first kappa shape index (κ1) is 22.3. The molecule has 1 saturated heterocycles. The first-order valence-corrected chi connectivity index (χ1v) is 13.1. The number of hydrazone groups is 1. The van der Waals surface area contributed by atoms with Crippen LogP contribution in [0.25, 0.3) is 10.8 Å². The lowest BCUT2D eigenvalue weighted by atomic mass is 9.63. The fourth-order valence-corrected chi connectivity index (χ4v) is 6.75. The Morgan fingerprint density at radius 3 is 2.38 bits per heavy atom. The third-order valence-corrected chi connectivity index (χ3v) is 8.49. The standard InChI is InChI=1S/C31H28N2O4/c1-2-36-27-14-18(10-13-26(27)37-17-20-8-5-7-19-6-3-4-9-21(19)20)16-32-33-30(34)28-22-11-12-23(25-15-24(22)25)29(28)31(33)35/h3-14,16,22-25,28-29H,2,15,17H2,1H3/b32-16-/t22-,23-,24-,25+,28+,29+/m0/s1. The summed E-state index contributed by atoms with van der Waals surface area (Å²) in [5.74, 6) is 1.97. The van der Waals surface area contributed by atoms with Crippen molar-refractivity contribution in [3.63, 3.8) is 0 Å². The van der Waals surface area contributed by atoms with Crippen molar-refractivity contribution in [2.45, 2.75) is 20.0 Å². The Hall–Kier alpha value is -3.93. The number of carbonyl (C=O) groups is 2. The van der Waals surface area contributed by atoms with Crippen LogP contribution in [0.15, 0.2) is 77.9 Å². The van der Waals surface area contributed by atoms with E-state index in [-0.39, 0.29) is 35.5 Å². The molecule has 6 heteroatoms. The second-order valence-corrected chi connectivity index (χ2v) is 10.5. The normalized spacial score (nSPS) is 29.2. The summed E-state index contributed by atoms with van der Waals surface area (Å²) in [5.41, 5.74) is 1.83. The van der Waals surface area contributed by atoms with Gasteiger partial charge in [0.25, 0.3) is 11.8 Å². The van der Waals surface area contributed by atoms with Crippen LogP contribution in [0.1, 0.15) is 24.5 Å². The van der Waals surface area contributed by atoms with Gasteiger partial charge in [-0.15, -0.1) is 0 Å². The summed E-state index contributed by atoms with van der Waals surface area (Å²) in [4.78, 5) is 26.3. The van der Waals surface area contributed by atoms with Crippen molar-refractivity contribution in [1.82, 2.24) is 5.01 Å². The maximum absolute atomic E-state index is 13.2. The zero-order chi connectivity index (χ0) is 25.1. The highest BCUT2D eigenvalue weighted by molar-refractivity contribution is 6.06. The molecule has 0 radical (unpaired) electrons. The van der Waals surface area contributed by atoms with Gasteiger partial charge in [-0.2, -0.15) is 10.1 Å². The lowest BCUT2D eigenvalue weighted by Crippen LogP contribution is -2.40. The summed E-state index contributed by atoms with van der Waals surface area (Å²) in [7, 11) is 0. The molecule has 0 unspecified atom stereocenters. The lowest BCUT2D eigenvalue weighted by molar-refractivity contribution is -0.140. The molecule has 0 spiro atoms. The highest BCUT2D eigenvalue weighted by atomic mass is 16.5. The molecule has 8 rings (SSSR count). The Kier molecular flexibility index (Phi) is 5.17. The van der Waals surface area contributed by atoms with Gasteiger partial charge in [0.15, 0.2) is 11.5 Å². The van der Waals surface area contributed by atoms with Crippen molar-refractivity contribution in [3.05, 3.63) is 83.9 Å². The number of ether oxygens (including phenoxy) is 2. The van der Waals surface area contributed by atoms with Gasteiger partial charge in [0, 0.05) is 0 Å². The van der Waals surface area contributed by atoms with Crippen LogP contribution in [-0.4, -0.2) is 29.6 Å². The number of nitrogens with zero attached hydrogens (tertiary/aromatic N) is 2. The molecular formula is C31H28N2O4. The summed E-state index contributed by atoms with van der Waals surface area (Å²) < 4.78 is 12.0. The first-order chi connectivity index (χ1) is 18.1. The molecule has 6 atom stereocenters. The number of benzene rings is 3. The fourth-order valence-electron chi connectivity index (χ4n) is 6.75. The van der Waals surface area contributed by atoms with Gasteiger partial charge in [-0.3, -0.25) is 9.59 Å². The molecule has 4 aliphatic carbocycles. The Morgan fingerprint density at radius 2 is 1.62 bits per heavy atom. The zero-order valence-electron chi connectivity index (χ0n) is 20.6. The van der Waals surface area contributed by atoms with E-state index < -0.39 is 0 Å². The highest BCUT2D eigenvalue weighted by Crippen LogP contribution is 2.65. The van der Waals surface area contributed by atoms with E-state index in [1.54, 1.807) is 6.21 Å². The van der Waals surface area contributed by atoms with E-state index in [4.69, 9.17) is 9.47 Å². The molecule has 0 aromatic heterocycles. The summed E-state index contributed by atoms with van der Waals surface area (Å²) in [6.45, 7) is 2.81. The summed E-state index contributed by atoms with van der Waals surface area (Å²) in [5, 5.41) is 7.80. The van der Waals surface area contributed by atoms with Crippen LogP contribution in [0.5, 0.6) is 11.5 Å². The second-order valence-electron chi connectivity index (χ2n) is 10.5. The number of hydrogen-bond acceptors (Lipinski definition) is 5. The number of carbonyl (C=O) groups excluding carboxylic acids is 2. The number of amides is 2. The summed E-state index contributed by atoms with van der Waals surface area (Å²) in [6, 6.07) is 20.0. The number of hydrogen-bond donors (Lipinski definition) is 0. The largest absolute Gasteiger partial charge is 0.490 e. The molecule has 2 bridgehead atoms. The van der Waals surface area contributed by atoms with Gasteiger partial charge in [-0.25, -0.2) is 0 Å². The van der Waals surface area contributed by atoms with Gasteiger partial charge in [-0.05, 0) is 77.1 Å². The molecule has 1 aliphatic heterocycles. The minimum Gasteiger partial charge on any atom is -0.490 e. The maximum Gasteiger partial charge on any atom is 0.254 e. The van der Waals surface area contributed by atoms with Crippen LogP contribution in [0.3, 0.4) is 0 Å². The number of fused-ring (bicyclic) bond motifs is 1. The third-order valence-electron chi connectivity index (χ3n) is 8.49. The average molecular weight is 493 g/mol. The highest BCUT2D eigenvalue weighted by Gasteiger charge is 2.67. The molecule has 0 N–H and O–H groups in total. The van der Waals surface area contributed by atoms with E-state index in [0.717, 1.165) is 27.9 Å². The van der Waals surface area contributed by atoms with Crippen molar-refractivity contribution in [3.8, 4) is 11.5 Å². The summed E-state index contributed by atoms with van der Waals surface area (Å²) in [6.07, 6.45) is 7.06. The van der Waals surface area contributed by atoms with Gasteiger partial charge in [0.2, 0.25) is 0 Å². The molecule has 3 aromatic carbocycles. The van der Waals surface area contributed by atoms with Crippen LogP contribution in [0, 0.1) is 35.5 Å². The van der Waals surface area contributed by atoms with Crippen LogP contribution in [-0.2, 0) is 16.2 Å². The second kappa shape index (κ2) is 8.58. The fraction of sp³-hybridized carbons (Fsp3) is 0.323. The zero-order valence-corrected chi connectivity index (χ0v) is 20.6. The van der Waals surface area contributed by atoms with Crippen LogP contribution in [0.4, 0.5) is 0 Å². The molecule has 1 heterocycles. The van der Waals surface area contributed by atoms with E-state index >= 15 is 0 Å². The average Bonchev–Trinajstić information content (AvgIpc) is 3.71. The number of allylic oxidation sites excluding steroid dienone is 2. The molecule has 37 heavy (non-hydrogen) atoms. The lowest BCUT2D eigenvalue weighted by Gasteiger charge is -2.37. The Bertz CT molecular complexity index is 1440. The molecular weight excluding hydrogens is 464 g/mol. The van der Waals surface area contributed by atoms with Gasteiger partial charge in [0.05, 0.1) is 24.7 Å². The van der Waals surface area contributed by atoms with Crippen LogP contribution >= 0.6 is 0 Å². The topological polar surface area (TPSA) is 68.2 Å². The third kappa shape index (κ3) is 3.57. The maximum atomic E-state index is 13.2. The number of imide groups is 1. The Labute approximate surface area is 215 Å². The molecule has 2 saturated carbocycles. The van der Waals surface area contributed by atoms with Crippen molar-refractivity contribution >= 4 is 28.8 Å². The molecule has 2 amide bonds. The van der Waals surface area contributed by atoms with Gasteiger partial charge in [-0.1, -0.05) is 54.6 Å². The van der Waals surface area contributed by atoms with Crippen molar-refractivity contribution in [1.29, 1.82) is 0 Å². The monoisotopic (exact) mass is 492 g/mol. The first-order valence-electron chi connectivity index (χ1n) is 13.1. The van der Waals surface area contributed by atoms with Gasteiger partial charge < -0.3 is 9.47 Å². The van der Waals surface area contributed by atoms with Gasteiger partial charge >= 0.3 is 0 Å². The Morgan fingerprint density at radius 1 is 0.892 bits per heavy atom. The Balaban J connectivity index is 1.10. The molecule has 3 aromatic rings. The van der Waals surface area contributed by atoms with Crippen molar-refractivity contribution in [2.75, 3.05) is 6.61 Å². The molecule has 186 valence electrons. The minimum atomic E-state index is -0.243. The van der Waals surface area contributed by atoms with E-state index in [2.05, 4.69) is 41.5 Å². The smallest absolute Gasteiger partial charge is 0.254 e.